The topological polar surface area (TPSA) is 55.0 Å². The first-order chi connectivity index (χ1) is 7.11. The summed E-state index contributed by atoms with van der Waals surface area (Å²) in [5, 5.41) is 8.37. The summed E-state index contributed by atoms with van der Waals surface area (Å²) < 4.78 is 0. The molecule has 4 heteroatoms. The van der Waals surface area contributed by atoms with E-state index in [1.807, 2.05) is 14.0 Å². The Morgan fingerprint density at radius 3 is 2.47 bits per heavy atom. The van der Waals surface area contributed by atoms with Gasteiger partial charge >= 0.3 is 0 Å². The molecule has 1 aromatic rings. The summed E-state index contributed by atoms with van der Waals surface area (Å²) in [5.41, 5.74) is 8.99. The van der Waals surface area contributed by atoms with Crippen molar-refractivity contribution in [1.29, 1.82) is 0 Å². The van der Waals surface area contributed by atoms with Crippen molar-refractivity contribution in [2.45, 2.75) is 33.7 Å². The van der Waals surface area contributed by atoms with Crippen LogP contribution in [0.5, 0.6) is 0 Å². The highest BCUT2D eigenvalue weighted by Crippen LogP contribution is 2.20. The minimum Gasteiger partial charge on any atom is -0.358 e. The normalized spacial score (nSPS) is 10.5. The molecule has 1 aromatic heterocycles. The van der Waals surface area contributed by atoms with Crippen LogP contribution >= 0.6 is 0 Å². The Bertz CT molecular complexity index is 336. The monoisotopic (exact) mass is 208 g/mol. The van der Waals surface area contributed by atoms with E-state index < -0.39 is 0 Å². The lowest BCUT2D eigenvalue weighted by molar-refractivity contribution is 0.796. The minimum atomic E-state index is 0.519. The number of nitrogens with zero attached hydrogens (tertiary/aromatic N) is 3. The molecule has 0 bridgehead atoms. The average molecular weight is 208 g/mol. The van der Waals surface area contributed by atoms with Gasteiger partial charge in [0.1, 0.15) is 0 Å². The molecule has 0 spiro atoms. The van der Waals surface area contributed by atoms with Gasteiger partial charge in [0.05, 0.1) is 5.69 Å². The van der Waals surface area contributed by atoms with Gasteiger partial charge in [0.15, 0.2) is 5.82 Å². The summed E-state index contributed by atoms with van der Waals surface area (Å²) in [6.45, 7) is 7.66. The highest BCUT2D eigenvalue weighted by atomic mass is 15.2. The number of hydrogen-bond donors (Lipinski definition) is 1. The van der Waals surface area contributed by atoms with E-state index in [0.717, 1.165) is 35.6 Å². The van der Waals surface area contributed by atoms with E-state index in [4.69, 9.17) is 5.73 Å². The van der Waals surface area contributed by atoms with E-state index in [1.54, 1.807) is 0 Å². The van der Waals surface area contributed by atoms with Crippen molar-refractivity contribution < 1.29 is 0 Å². The lowest BCUT2D eigenvalue weighted by Crippen LogP contribution is -2.23. The van der Waals surface area contributed by atoms with Gasteiger partial charge in [0.2, 0.25) is 0 Å². The summed E-state index contributed by atoms with van der Waals surface area (Å²) in [5.74, 6) is 0.919. The van der Waals surface area contributed by atoms with E-state index >= 15 is 0 Å². The summed E-state index contributed by atoms with van der Waals surface area (Å²) in [7, 11) is 2.03. The van der Waals surface area contributed by atoms with Crippen LogP contribution in [0.2, 0.25) is 0 Å². The van der Waals surface area contributed by atoms with Gasteiger partial charge in [-0.3, -0.25) is 0 Å². The number of aromatic nitrogens is 2. The summed E-state index contributed by atoms with van der Waals surface area (Å²) in [4.78, 5) is 2.11. The third kappa shape index (κ3) is 2.45. The van der Waals surface area contributed by atoms with E-state index in [1.165, 1.54) is 0 Å². The molecule has 15 heavy (non-hydrogen) atoms. The van der Waals surface area contributed by atoms with Crippen LogP contribution < -0.4 is 10.6 Å². The van der Waals surface area contributed by atoms with Crippen molar-refractivity contribution in [3.05, 3.63) is 16.8 Å². The zero-order valence-electron chi connectivity index (χ0n) is 10.0. The number of hydrogen-bond acceptors (Lipinski definition) is 4. The molecular formula is C11H20N4. The molecule has 0 aliphatic carbocycles. The highest BCUT2D eigenvalue weighted by Gasteiger charge is 2.12. The first-order valence-corrected chi connectivity index (χ1v) is 5.35. The Morgan fingerprint density at radius 1 is 1.27 bits per heavy atom. The Labute approximate surface area is 91.5 Å². The van der Waals surface area contributed by atoms with Crippen molar-refractivity contribution in [1.82, 2.24) is 10.2 Å². The van der Waals surface area contributed by atoms with Gasteiger partial charge < -0.3 is 10.6 Å². The van der Waals surface area contributed by atoms with Crippen LogP contribution in [0.4, 0.5) is 5.82 Å². The molecular weight excluding hydrogens is 188 g/mol. The standard InChI is InChI=1S/C11H20N4/c1-5-6-15(4)11-10(7-12)8(2)9(3)13-14-11/h5-7,12H2,1-4H3. The summed E-state index contributed by atoms with van der Waals surface area (Å²) >= 11 is 0. The average Bonchev–Trinajstić information content (AvgIpc) is 2.22. The minimum absolute atomic E-state index is 0.519. The number of rotatable bonds is 4. The van der Waals surface area contributed by atoms with Crippen LogP contribution in [-0.4, -0.2) is 23.8 Å². The SMILES string of the molecule is CCCN(C)c1nnc(C)c(C)c1CN. The van der Waals surface area contributed by atoms with Gasteiger partial charge in [-0.2, -0.15) is 5.10 Å². The molecule has 84 valence electrons. The van der Waals surface area contributed by atoms with Crippen LogP contribution in [0.1, 0.15) is 30.2 Å². The van der Waals surface area contributed by atoms with Gasteiger partial charge in [-0.15, -0.1) is 5.10 Å². The van der Waals surface area contributed by atoms with E-state index in [9.17, 15) is 0 Å². The molecule has 1 rings (SSSR count). The predicted octanol–water partition coefficient (Wildman–Crippen LogP) is 1.40. The van der Waals surface area contributed by atoms with E-state index in [2.05, 4.69) is 28.9 Å². The fourth-order valence-electron chi connectivity index (χ4n) is 1.64. The molecule has 0 saturated carbocycles. The quantitative estimate of drug-likeness (QED) is 0.812. The fourth-order valence-corrected chi connectivity index (χ4v) is 1.64. The maximum atomic E-state index is 5.76. The van der Waals surface area contributed by atoms with Gasteiger partial charge in [-0.05, 0) is 25.8 Å². The van der Waals surface area contributed by atoms with Crippen molar-refractivity contribution in [2.75, 3.05) is 18.5 Å². The van der Waals surface area contributed by atoms with Gasteiger partial charge in [0, 0.05) is 25.7 Å². The van der Waals surface area contributed by atoms with Crippen LogP contribution in [-0.2, 0) is 6.54 Å². The Morgan fingerprint density at radius 2 is 1.93 bits per heavy atom. The Kier molecular flexibility index (Phi) is 4.03. The van der Waals surface area contributed by atoms with Gasteiger partial charge in [0.25, 0.3) is 0 Å². The molecule has 0 amide bonds. The Balaban J connectivity index is 3.12. The lowest BCUT2D eigenvalue weighted by atomic mass is 10.1. The first-order valence-electron chi connectivity index (χ1n) is 5.35. The zero-order valence-corrected chi connectivity index (χ0v) is 10.0. The second-order valence-corrected chi connectivity index (χ2v) is 3.84. The molecule has 0 fully saturated rings. The molecule has 4 nitrogen and oxygen atoms in total. The maximum absolute atomic E-state index is 5.76. The largest absolute Gasteiger partial charge is 0.358 e. The maximum Gasteiger partial charge on any atom is 0.155 e. The molecule has 0 unspecified atom stereocenters. The highest BCUT2D eigenvalue weighted by molar-refractivity contribution is 5.49. The number of aryl methyl sites for hydroxylation is 1. The van der Waals surface area contributed by atoms with E-state index in [0.29, 0.717) is 6.54 Å². The smallest absolute Gasteiger partial charge is 0.155 e. The fraction of sp³-hybridized carbons (Fsp3) is 0.636. The molecule has 0 aliphatic rings. The molecule has 0 aromatic carbocycles. The van der Waals surface area contributed by atoms with Crippen molar-refractivity contribution in [2.24, 2.45) is 5.73 Å². The molecule has 0 aliphatic heterocycles. The zero-order chi connectivity index (χ0) is 11.4. The van der Waals surface area contributed by atoms with Crippen LogP contribution in [0.3, 0.4) is 0 Å². The summed E-state index contributed by atoms with van der Waals surface area (Å²) in [6, 6.07) is 0. The van der Waals surface area contributed by atoms with Gasteiger partial charge in [-0.1, -0.05) is 6.92 Å². The second-order valence-electron chi connectivity index (χ2n) is 3.84. The molecule has 0 radical (unpaired) electrons. The van der Waals surface area contributed by atoms with Crippen molar-refractivity contribution in [3.8, 4) is 0 Å². The molecule has 0 atom stereocenters. The molecule has 1 heterocycles. The van der Waals surface area contributed by atoms with Crippen LogP contribution in [0, 0.1) is 13.8 Å². The van der Waals surface area contributed by atoms with Crippen molar-refractivity contribution >= 4 is 5.82 Å². The van der Waals surface area contributed by atoms with E-state index in [-0.39, 0.29) is 0 Å². The first kappa shape index (κ1) is 11.9. The third-order valence-corrected chi connectivity index (χ3v) is 2.68. The number of anilines is 1. The molecule has 0 saturated heterocycles. The predicted molar refractivity (Wildman–Crippen MR) is 63.0 cm³/mol. The van der Waals surface area contributed by atoms with Crippen LogP contribution in [0.25, 0.3) is 0 Å². The van der Waals surface area contributed by atoms with Crippen LogP contribution in [0.15, 0.2) is 0 Å². The lowest BCUT2D eigenvalue weighted by Gasteiger charge is -2.21. The number of nitrogens with two attached hydrogens (primary N) is 1. The van der Waals surface area contributed by atoms with Crippen molar-refractivity contribution in [3.63, 3.8) is 0 Å². The Hall–Kier alpha value is -1.16. The summed E-state index contributed by atoms with van der Waals surface area (Å²) in [6.07, 6.45) is 1.09. The second kappa shape index (κ2) is 5.07. The van der Waals surface area contributed by atoms with Gasteiger partial charge in [-0.25, -0.2) is 0 Å². The molecule has 2 N–H and O–H groups in total. The third-order valence-electron chi connectivity index (χ3n) is 2.68.